The number of hydrogen-bond donors (Lipinski definition) is 0. The first kappa shape index (κ1) is 28.1. The molecule has 0 saturated heterocycles. The molecule has 0 bridgehead atoms. The van der Waals surface area contributed by atoms with Gasteiger partial charge in [-0.15, -0.1) is 0 Å². The summed E-state index contributed by atoms with van der Waals surface area (Å²) in [7, 11) is -2.86. The Hall–Kier alpha value is 0.150. The Kier molecular flexibility index (Phi) is 22.0. The molecule has 3 nitrogen and oxygen atoms in total. The lowest BCUT2D eigenvalue weighted by Gasteiger charge is -2.18. The van der Waals surface area contributed by atoms with E-state index in [-0.39, 0.29) is 0 Å². The van der Waals surface area contributed by atoms with E-state index in [1.54, 1.807) is 0 Å². The predicted molar refractivity (Wildman–Crippen MR) is 125 cm³/mol. The maximum absolute atomic E-state index is 12.8. The first-order valence-electron chi connectivity index (χ1n) is 12.6. The van der Waals surface area contributed by atoms with Gasteiger partial charge in [-0.25, -0.2) is 0 Å². The van der Waals surface area contributed by atoms with E-state index in [0.717, 1.165) is 38.5 Å². The lowest BCUT2D eigenvalue weighted by atomic mass is 10.0. The van der Waals surface area contributed by atoms with Gasteiger partial charge < -0.3 is 9.05 Å². The van der Waals surface area contributed by atoms with Crippen LogP contribution < -0.4 is 0 Å². The van der Waals surface area contributed by atoms with E-state index in [2.05, 4.69) is 20.8 Å². The highest BCUT2D eigenvalue weighted by Crippen LogP contribution is 2.49. The third-order valence-electron chi connectivity index (χ3n) is 5.36. The molecule has 28 heavy (non-hydrogen) atoms. The van der Waals surface area contributed by atoms with Crippen LogP contribution in [-0.4, -0.2) is 19.4 Å². The van der Waals surface area contributed by atoms with Crippen molar-refractivity contribution in [2.24, 2.45) is 0 Å². The van der Waals surface area contributed by atoms with Crippen LogP contribution in [0.15, 0.2) is 0 Å². The fraction of sp³-hybridized carbons (Fsp3) is 1.00. The van der Waals surface area contributed by atoms with E-state index in [1.807, 2.05) is 0 Å². The number of unbranched alkanes of at least 4 members (excludes halogenated alkanes) is 15. The van der Waals surface area contributed by atoms with Crippen LogP contribution in [0.5, 0.6) is 0 Å². The maximum atomic E-state index is 12.8. The molecule has 0 aliphatic carbocycles. The minimum Gasteiger partial charge on any atom is -0.309 e. The molecule has 0 saturated carbocycles. The average Bonchev–Trinajstić information content (AvgIpc) is 2.70. The highest BCUT2D eigenvalue weighted by atomic mass is 31.2. The van der Waals surface area contributed by atoms with Gasteiger partial charge in [-0.1, -0.05) is 117 Å². The molecule has 0 aromatic carbocycles. The van der Waals surface area contributed by atoms with Crippen molar-refractivity contribution < 1.29 is 13.6 Å². The molecule has 0 aromatic heterocycles. The van der Waals surface area contributed by atoms with Crippen molar-refractivity contribution in [3.05, 3.63) is 0 Å². The third-order valence-corrected chi connectivity index (χ3v) is 7.37. The second-order valence-corrected chi connectivity index (χ2v) is 10.5. The van der Waals surface area contributed by atoms with E-state index in [0.29, 0.717) is 19.4 Å². The van der Waals surface area contributed by atoms with Crippen LogP contribution in [-0.2, 0) is 13.6 Å². The molecule has 0 radical (unpaired) electrons. The molecule has 0 N–H and O–H groups in total. The van der Waals surface area contributed by atoms with Gasteiger partial charge in [0.1, 0.15) is 0 Å². The summed E-state index contributed by atoms with van der Waals surface area (Å²) < 4.78 is 24.2. The van der Waals surface area contributed by atoms with Crippen molar-refractivity contribution >= 4 is 7.60 Å². The van der Waals surface area contributed by atoms with Gasteiger partial charge in [0.25, 0.3) is 0 Å². The van der Waals surface area contributed by atoms with Gasteiger partial charge in [-0.2, -0.15) is 0 Å². The normalized spacial score (nSPS) is 13.7. The molecule has 1 atom stereocenters. The molecule has 0 rings (SSSR count). The van der Waals surface area contributed by atoms with Crippen LogP contribution in [0.1, 0.15) is 136 Å². The summed E-state index contributed by atoms with van der Waals surface area (Å²) in [5.41, 5.74) is 0. The zero-order valence-electron chi connectivity index (χ0n) is 19.5. The zero-order chi connectivity index (χ0) is 20.8. The Morgan fingerprint density at radius 3 is 1.21 bits per heavy atom. The Balaban J connectivity index is 3.56. The summed E-state index contributed by atoms with van der Waals surface area (Å²) in [6.45, 7) is 7.73. The van der Waals surface area contributed by atoms with Crippen LogP contribution in [0, 0.1) is 0 Å². The third kappa shape index (κ3) is 19.5. The molecule has 0 aliphatic heterocycles. The lowest BCUT2D eigenvalue weighted by molar-refractivity contribution is 0.197. The minimum absolute atomic E-state index is 0.577. The Morgan fingerprint density at radius 1 is 0.464 bits per heavy atom. The number of rotatable bonds is 23. The fourth-order valence-electron chi connectivity index (χ4n) is 3.40. The van der Waals surface area contributed by atoms with Crippen molar-refractivity contribution in [3.63, 3.8) is 0 Å². The zero-order valence-corrected chi connectivity index (χ0v) is 20.4. The van der Waals surface area contributed by atoms with Crippen LogP contribution in [0.3, 0.4) is 0 Å². The van der Waals surface area contributed by atoms with E-state index in [9.17, 15) is 4.57 Å². The van der Waals surface area contributed by atoms with Crippen LogP contribution >= 0.6 is 7.60 Å². The van der Waals surface area contributed by atoms with E-state index < -0.39 is 7.60 Å². The van der Waals surface area contributed by atoms with Gasteiger partial charge in [-0.05, 0) is 19.3 Å². The van der Waals surface area contributed by atoms with Gasteiger partial charge in [0.15, 0.2) is 0 Å². The molecule has 1 unspecified atom stereocenters. The van der Waals surface area contributed by atoms with Crippen molar-refractivity contribution in [1.82, 2.24) is 0 Å². The summed E-state index contributed by atoms with van der Waals surface area (Å²) in [6.07, 6.45) is 23.2. The Bertz CT molecular complexity index is 347. The van der Waals surface area contributed by atoms with Crippen molar-refractivity contribution in [2.75, 3.05) is 19.4 Å². The van der Waals surface area contributed by atoms with Crippen LogP contribution in [0.4, 0.5) is 0 Å². The molecule has 0 aromatic rings. The lowest BCUT2D eigenvalue weighted by Crippen LogP contribution is -2.03. The Labute approximate surface area is 177 Å². The maximum Gasteiger partial charge on any atom is 0.330 e. The highest BCUT2D eigenvalue weighted by Gasteiger charge is 2.23. The number of hydrogen-bond acceptors (Lipinski definition) is 3. The van der Waals surface area contributed by atoms with Gasteiger partial charge in [0, 0.05) is 0 Å². The molecule has 0 spiro atoms. The smallest absolute Gasteiger partial charge is 0.309 e. The molecule has 4 heteroatoms. The van der Waals surface area contributed by atoms with E-state index in [4.69, 9.17) is 9.05 Å². The quantitative estimate of drug-likeness (QED) is 0.122. The minimum atomic E-state index is -2.86. The van der Waals surface area contributed by atoms with Crippen molar-refractivity contribution in [1.29, 1.82) is 0 Å². The second-order valence-electron chi connectivity index (χ2n) is 8.30. The molecule has 0 heterocycles. The second kappa shape index (κ2) is 21.8. The SMILES string of the molecule is CCCCCCCCCCCCCCCOP(=O)(CCCC)OCCCCC. The molecule has 170 valence electrons. The molecule has 0 aliphatic rings. The molecule has 0 fully saturated rings. The molecular formula is C24H51O3P. The van der Waals surface area contributed by atoms with Crippen molar-refractivity contribution in [3.8, 4) is 0 Å². The summed E-state index contributed by atoms with van der Waals surface area (Å²) in [5, 5.41) is 0. The van der Waals surface area contributed by atoms with E-state index in [1.165, 1.54) is 77.0 Å². The molecular weight excluding hydrogens is 367 g/mol. The predicted octanol–water partition coefficient (Wildman–Crippen LogP) is 9.29. The topological polar surface area (TPSA) is 35.5 Å². The monoisotopic (exact) mass is 418 g/mol. The van der Waals surface area contributed by atoms with Gasteiger partial charge >= 0.3 is 7.60 Å². The largest absolute Gasteiger partial charge is 0.330 e. The van der Waals surface area contributed by atoms with Gasteiger partial charge in [0.2, 0.25) is 0 Å². The van der Waals surface area contributed by atoms with Crippen LogP contribution in [0.2, 0.25) is 0 Å². The first-order valence-corrected chi connectivity index (χ1v) is 14.3. The Morgan fingerprint density at radius 2 is 0.786 bits per heavy atom. The summed E-state index contributed by atoms with van der Waals surface area (Å²) in [5.74, 6) is 0. The fourth-order valence-corrected chi connectivity index (χ4v) is 5.25. The van der Waals surface area contributed by atoms with E-state index >= 15 is 0 Å². The van der Waals surface area contributed by atoms with Gasteiger partial charge in [-0.3, -0.25) is 4.57 Å². The average molecular weight is 419 g/mol. The van der Waals surface area contributed by atoms with Crippen molar-refractivity contribution in [2.45, 2.75) is 136 Å². The standard InChI is InChI=1S/C24H51O3P/c1-4-7-10-11-12-13-14-15-16-17-18-19-21-23-27-28(25,24-9-6-3)26-22-20-8-5-2/h4-24H2,1-3H3. The van der Waals surface area contributed by atoms with Gasteiger partial charge in [0.05, 0.1) is 19.4 Å². The van der Waals surface area contributed by atoms with Crippen LogP contribution in [0.25, 0.3) is 0 Å². The highest BCUT2D eigenvalue weighted by molar-refractivity contribution is 7.53. The summed E-state index contributed by atoms with van der Waals surface area (Å²) in [6, 6.07) is 0. The summed E-state index contributed by atoms with van der Waals surface area (Å²) >= 11 is 0. The molecule has 0 amide bonds. The first-order chi connectivity index (χ1) is 13.7. The summed E-state index contributed by atoms with van der Waals surface area (Å²) in [4.78, 5) is 0.